The average molecular weight is 296 g/mol. The molecule has 0 atom stereocenters. The van der Waals surface area contributed by atoms with E-state index < -0.39 is 11.2 Å². The van der Waals surface area contributed by atoms with Crippen molar-refractivity contribution in [3.05, 3.63) is 44.5 Å². The minimum Gasteiger partial charge on any atom is -0.294 e. The number of aromatic nitrogens is 2. The summed E-state index contributed by atoms with van der Waals surface area (Å²) in [6.07, 6.45) is 10.6. The SMILES string of the molecule is CCCCCCCC/C=C(\F)Cn1cc(C)c(=O)[nH]c1=O. The van der Waals surface area contributed by atoms with Crippen molar-refractivity contribution in [1.29, 1.82) is 0 Å². The summed E-state index contributed by atoms with van der Waals surface area (Å²) >= 11 is 0. The molecule has 0 unspecified atom stereocenters. The van der Waals surface area contributed by atoms with Crippen LogP contribution in [-0.2, 0) is 6.54 Å². The van der Waals surface area contributed by atoms with Crippen LogP contribution in [0.5, 0.6) is 0 Å². The molecule has 0 radical (unpaired) electrons. The standard InChI is InChI=1S/C16H25FN2O2/c1-3-4-5-6-7-8-9-10-14(17)12-19-11-13(2)15(20)18-16(19)21/h10-11H,3-9,12H2,1-2H3,(H,18,20,21)/b14-10-. The molecule has 118 valence electrons. The number of nitrogens with one attached hydrogen (secondary N) is 1. The van der Waals surface area contributed by atoms with E-state index >= 15 is 0 Å². The molecular formula is C16H25FN2O2. The number of halogens is 1. The van der Waals surface area contributed by atoms with Crippen LogP contribution in [0.2, 0.25) is 0 Å². The first-order valence-electron chi connectivity index (χ1n) is 7.69. The number of rotatable bonds is 9. The van der Waals surface area contributed by atoms with Gasteiger partial charge in [0, 0.05) is 11.8 Å². The predicted molar refractivity (Wildman–Crippen MR) is 83.2 cm³/mol. The first-order chi connectivity index (χ1) is 10.0. The van der Waals surface area contributed by atoms with E-state index in [1.54, 1.807) is 6.92 Å². The summed E-state index contributed by atoms with van der Waals surface area (Å²) < 4.78 is 14.9. The Morgan fingerprint density at radius 2 is 1.90 bits per heavy atom. The lowest BCUT2D eigenvalue weighted by molar-refractivity contribution is 0.531. The highest BCUT2D eigenvalue weighted by atomic mass is 19.1. The van der Waals surface area contributed by atoms with Crippen LogP contribution in [-0.4, -0.2) is 9.55 Å². The fourth-order valence-corrected chi connectivity index (χ4v) is 2.15. The van der Waals surface area contributed by atoms with Gasteiger partial charge in [0.05, 0.1) is 6.54 Å². The molecule has 0 aliphatic rings. The fraction of sp³-hybridized carbons (Fsp3) is 0.625. The number of aryl methyl sites for hydroxylation is 1. The third-order valence-corrected chi connectivity index (χ3v) is 3.43. The Balaban J connectivity index is 2.41. The molecule has 0 saturated carbocycles. The zero-order chi connectivity index (χ0) is 15.7. The number of allylic oxidation sites excluding steroid dienone is 2. The lowest BCUT2D eigenvalue weighted by Crippen LogP contribution is -2.30. The third kappa shape index (κ3) is 6.56. The number of hydrogen-bond donors (Lipinski definition) is 1. The van der Waals surface area contributed by atoms with Gasteiger partial charge < -0.3 is 0 Å². The molecule has 1 heterocycles. The van der Waals surface area contributed by atoms with Gasteiger partial charge in [-0.05, 0) is 19.8 Å². The first-order valence-corrected chi connectivity index (χ1v) is 7.69. The number of H-pyrrole nitrogens is 1. The van der Waals surface area contributed by atoms with E-state index in [2.05, 4.69) is 11.9 Å². The molecule has 4 nitrogen and oxygen atoms in total. The molecule has 1 N–H and O–H groups in total. The Bertz CT molecular complexity index is 572. The fourth-order valence-electron chi connectivity index (χ4n) is 2.15. The molecule has 0 aliphatic carbocycles. The molecule has 0 spiro atoms. The molecule has 0 bridgehead atoms. The van der Waals surface area contributed by atoms with Crippen LogP contribution in [0.4, 0.5) is 4.39 Å². The van der Waals surface area contributed by atoms with Crippen molar-refractivity contribution >= 4 is 0 Å². The smallest absolute Gasteiger partial charge is 0.294 e. The highest BCUT2D eigenvalue weighted by Crippen LogP contribution is 2.09. The molecule has 21 heavy (non-hydrogen) atoms. The molecule has 5 heteroatoms. The maximum atomic E-state index is 13.7. The van der Waals surface area contributed by atoms with Crippen LogP contribution in [0.25, 0.3) is 0 Å². The summed E-state index contributed by atoms with van der Waals surface area (Å²) in [6.45, 7) is 3.65. The van der Waals surface area contributed by atoms with Crippen molar-refractivity contribution in [1.82, 2.24) is 9.55 Å². The Morgan fingerprint density at radius 3 is 2.62 bits per heavy atom. The number of hydrogen-bond acceptors (Lipinski definition) is 2. The summed E-state index contributed by atoms with van der Waals surface area (Å²) in [5, 5.41) is 0. The second kappa shape index (κ2) is 9.32. The lowest BCUT2D eigenvalue weighted by atomic mass is 10.1. The van der Waals surface area contributed by atoms with Gasteiger partial charge in [0.15, 0.2) is 0 Å². The van der Waals surface area contributed by atoms with Crippen LogP contribution in [0.3, 0.4) is 0 Å². The zero-order valence-corrected chi connectivity index (χ0v) is 13.0. The van der Waals surface area contributed by atoms with Crippen molar-refractivity contribution in [2.75, 3.05) is 0 Å². The Hall–Kier alpha value is -1.65. The molecule has 0 aromatic carbocycles. The van der Waals surface area contributed by atoms with E-state index in [1.165, 1.54) is 42.5 Å². The number of unbranched alkanes of at least 4 members (excludes halogenated alkanes) is 6. The first kappa shape index (κ1) is 17.4. The second-order valence-electron chi connectivity index (χ2n) is 5.41. The molecule has 1 rings (SSSR count). The Morgan fingerprint density at radius 1 is 1.24 bits per heavy atom. The topological polar surface area (TPSA) is 54.9 Å². The van der Waals surface area contributed by atoms with Crippen LogP contribution in [0.15, 0.2) is 27.7 Å². The van der Waals surface area contributed by atoms with Crippen molar-refractivity contribution in [2.45, 2.75) is 65.3 Å². The highest BCUT2D eigenvalue weighted by Gasteiger charge is 2.03. The van der Waals surface area contributed by atoms with Gasteiger partial charge in [0.25, 0.3) is 5.56 Å². The molecule has 0 amide bonds. The Labute approximate surface area is 124 Å². The van der Waals surface area contributed by atoms with Gasteiger partial charge in [-0.15, -0.1) is 0 Å². The largest absolute Gasteiger partial charge is 0.328 e. The van der Waals surface area contributed by atoms with E-state index in [-0.39, 0.29) is 12.4 Å². The maximum absolute atomic E-state index is 13.7. The van der Waals surface area contributed by atoms with E-state index in [0.717, 1.165) is 12.8 Å². The summed E-state index contributed by atoms with van der Waals surface area (Å²) in [6, 6.07) is 0. The monoisotopic (exact) mass is 296 g/mol. The molecule has 0 fully saturated rings. The van der Waals surface area contributed by atoms with Crippen molar-refractivity contribution in [3.8, 4) is 0 Å². The van der Waals surface area contributed by atoms with E-state index in [4.69, 9.17) is 0 Å². The highest BCUT2D eigenvalue weighted by molar-refractivity contribution is 5.02. The van der Waals surface area contributed by atoms with Crippen LogP contribution in [0, 0.1) is 6.92 Å². The summed E-state index contributed by atoms with van der Waals surface area (Å²) in [7, 11) is 0. The summed E-state index contributed by atoms with van der Waals surface area (Å²) in [4.78, 5) is 24.9. The van der Waals surface area contributed by atoms with E-state index in [9.17, 15) is 14.0 Å². The van der Waals surface area contributed by atoms with Gasteiger partial charge in [-0.3, -0.25) is 14.3 Å². The second-order valence-corrected chi connectivity index (χ2v) is 5.41. The molecule has 0 aliphatic heterocycles. The Kier molecular flexibility index (Phi) is 7.72. The van der Waals surface area contributed by atoms with Crippen LogP contribution < -0.4 is 11.2 Å². The molecular weight excluding hydrogens is 271 g/mol. The number of nitrogens with zero attached hydrogens (tertiary/aromatic N) is 1. The minimum atomic E-state index is -0.575. The zero-order valence-electron chi connectivity index (χ0n) is 13.0. The van der Waals surface area contributed by atoms with Crippen LogP contribution in [0.1, 0.15) is 57.4 Å². The van der Waals surface area contributed by atoms with Gasteiger partial charge in [-0.25, -0.2) is 9.18 Å². The van der Waals surface area contributed by atoms with Crippen LogP contribution >= 0.6 is 0 Å². The van der Waals surface area contributed by atoms with E-state index in [0.29, 0.717) is 12.0 Å². The summed E-state index contributed by atoms with van der Waals surface area (Å²) in [5.41, 5.74) is -0.597. The van der Waals surface area contributed by atoms with Gasteiger partial charge in [0.1, 0.15) is 5.83 Å². The van der Waals surface area contributed by atoms with Gasteiger partial charge >= 0.3 is 5.69 Å². The van der Waals surface area contributed by atoms with Gasteiger partial charge in [0.2, 0.25) is 0 Å². The van der Waals surface area contributed by atoms with E-state index in [1.807, 2.05) is 0 Å². The maximum Gasteiger partial charge on any atom is 0.328 e. The van der Waals surface area contributed by atoms with Crippen molar-refractivity contribution in [3.63, 3.8) is 0 Å². The van der Waals surface area contributed by atoms with Crippen molar-refractivity contribution in [2.24, 2.45) is 0 Å². The predicted octanol–water partition coefficient (Wildman–Crippen LogP) is 3.45. The molecule has 1 aromatic heterocycles. The summed E-state index contributed by atoms with van der Waals surface area (Å²) in [5.74, 6) is -0.336. The van der Waals surface area contributed by atoms with Crippen molar-refractivity contribution < 1.29 is 4.39 Å². The quantitative estimate of drug-likeness (QED) is 0.710. The third-order valence-electron chi connectivity index (χ3n) is 3.43. The minimum absolute atomic E-state index is 0.119. The normalized spacial score (nSPS) is 11.9. The molecule has 0 saturated heterocycles. The molecule has 1 aromatic rings. The lowest BCUT2D eigenvalue weighted by Gasteiger charge is -2.04. The van der Waals surface area contributed by atoms with Gasteiger partial charge in [-0.1, -0.05) is 45.1 Å². The average Bonchev–Trinajstić information content (AvgIpc) is 2.44. The van der Waals surface area contributed by atoms with Gasteiger partial charge in [-0.2, -0.15) is 0 Å². The number of aromatic amines is 1.